The van der Waals surface area contributed by atoms with E-state index >= 15 is 0 Å². The molecule has 72 heavy (non-hydrogen) atoms. The minimum Gasteiger partial charge on any atom is -0.497 e. The molecule has 16 nitrogen and oxygen atoms in total. The van der Waals surface area contributed by atoms with Crippen molar-refractivity contribution in [2.75, 3.05) is 26.0 Å². The van der Waals surface area contributed by atoms with E-state index in [1.54, 1.807) is 7.11 Å². The Morgan fingerprint density at radius 2 is 1.56 bits per heavy atom. The summed E-state index contributed by atoms with van der Waals surface area (Å²) in [5.74, 6) is -1.52. The van der Waals surface area contributed by atoms with Gasteiger partial charge in [0.05, 0.1) is 18.8 Å². The standard InChI is InChI=1S/C54H81N5O11S.Na/c1-32(2)13-10-14-33(3)15-11-16-34(4)17-12-24-54(8)25-22-40-37(7)49(35(5)36(6)50(40)70-54)69-48(63)28-45(52(65)56-26-23-38-29-57-43-20-18-39(68-9)27-41(38)43)71-31-44(51(64)58-30-47(61)62)59-46(60)21-19-42(55)53(66)67;/h18,20,27,29,32-34,42,44-45,57H,10-17,19,21-26,28,30-31,55H2,1-9H3,(H,56,65)(H,58,64)(H,59,60)(H,61,62)(H,66,67);/t33-,34-,42+,44+,45?,54-;/m1./s1. The van der Waals surface area contributed by atoms with E-state index < -0.39 is 65.9 Å². The SMILES string of the molecule is COc1ccc2[nH]cc(CCNC(=O)C(CC(=O)Oc3c(C)c(C)c4c(c3C)CC[C@@](C)(CCC[C@H](C)CCC[C@H](C)CCCC(C)C)O4)SC[C@H](NC(=O)CC[C@H](N)C(=O)O)C(=O)NCC(=O)O)c2c1.[Na]. The Kier molecular flexibility index (Phi) is 26.0. The molecule has 1 aromatic heterocycles. The molecular weight excluding hydrogens is 950 g/mol. The number of carbonyl (C=O) groups excluding carboxylic acids is 4. The number of H-pyrrole nitrogens is 1. The number of ether oxygens (including phenoxy) is 3. The summed E-state index contributed by atoms with van der Waals surface area (Å²) in [6, 6.07) is 2.96. The number of amides is 3. The predicted octanol–water partition coefficient (Wildman–Crippen LogP) is 7.88. The number of methoxy groups -OCH3 is 1. The van der Waals surface area contributed by atoms with Gasteiger partial charge in [-0.3, -0.25) is 28.8 Å². The van der Waals surface area contributed by atoms with Crippen molar-refractivity contribution >= 4 is 87.9 Å². The summed E-state index contributed by atoms with van der Waals surface area (Å²) in [4.78, 5) is 80.0. The number of esters is 1. The number of benzene rings is 2. The van der Waals surface area contributed by atoms with E-state index in [1.165, 1.54) is 38.5 Å². The van der Waals surface area contributed by atoms with Crippen molar-refractivity contribution in [2.24, 2.45) is 23.5 Å². The minimum atomic E-state index is -1.36. The van der Waals surface area contributed by atoms with Crippen LogP contribution in [0.4, 0.5) is 0 Å². The maximum Gasteiger partial charge on any atom is 0.322 e. The molecule has 18 heteroatoms. The number of carbonyl (C=O) groups is 6. The van der Waals surface area contributed by atoms with Crippen LogP contribution >= 0.6 is 11.8 Å². The molecular formula is C54H81N5NaO11S. The molecule has 3 amide bonds. The van der Waals surface area contributed by atoms with Crippen molar-refractivity contribution < 1.29 is 53.2 Å². The van der Waals surface area contributed by atoms with Gasteiger partial charge in [-0.2, -0.15) is 0 Å². The van der Waals surface area contributed by atoms with Gasteiger partial charge < -0.3 is 51.1 Å². The van der Waals surface area contributed by atoms with Crippen LogP contribution in [-0.4, -0.2) is 129 Å². The molecule has 1 aliphatic rings. The predicted molar refractivity (Wildman–Crippen MR) is 284 cm³/mol. The van der Waals surface area contributed by atoms with Crippen molar-refractivity contribution in [3.8, 4) is 17.2 Å². The van der Waals surface area contributed by atoms with Crippen molar-refractivity contribution in [1.82, 2.24) is 20.9 Å². The summed E-state index contributed by atoms with van der Waals surface area (Å²) in [5, 5.41) is 25.9. The quantitative estimate of drug-likeness (QED) is 0.0184. The molecule has 0 bridgehead atoms. The summed E-state index contributed by atoms with van der Waals surface area (Å²) in [6.07, 6.45) is 13.8. The second-order valence-corrected chi connectivity index (χ2v) is 21.6. The number of carboxylic acid groups (broad SMARTS) is 2. The number of nitrogens with one attached hydrogen (secondary N) is 4. The van der Waals surface area contributed by atoms with Crippen LogP contribution in [0.3, 0.4) is 0 Å². The van der Waals surface area contributed by atoms with Crippen LogP contribution in [0.1, 0.15) is 146 Å². The van der Waals surface area contributed by atoms with Crippen LogP contribution in [0.25, 0.3) is 10.9 Å². The van der Waals surface area contributed by atoms with Crippen molar-refractivity contribution in [3.63, 3.8) is 0 Å². The zero-order chi connectivity index (χ0) is 52.4. The monoisotopic (exact) mass is 1030 g/mol. The molecule has 3 aromatic rings. The van der Waals surface area contributed by atoms with Crippen LogP contribution in [0.5, 0.6) is 17.2 Å². The summed E-state index contributed by atoms with van der Waals surface area (Å²) in [5.41, 5.74) is 10.5. The molecule has 2 heterocycles. The molecule has 0 saturated carbocycles. The van der Waals surface area contributed by atoms with Gasteiger partial charge in [0.2, 0.25) is 17.7 Å². The number of fused-ring (bicyclic) bond motifs is 2. The second-order valence-electron chi connectivity index (χ2n) is 20.4. The summed E-state index contributed by atoms with van der Waals surface area (Å²) < 4.78 is 18.4. The summed E-state index contributed by atoms with van der Waals surface area (Å²) in [6.45, 7) is 16.8. The van der Waals surface area contributed by atoms with Crippen molar-refractivity contribution in [1.29, 1.82) is 0 Å². The summed E-state index contributed by atoms with van der Waals surface area (Å²) in [7, 11) is 1.58. The van der Waals surface area contributed by atoms with E-state index in [9.17, 15) is 39.0 Å². The third-order valence-corrected chi connectivity index (χ3v) is 15.2. The molecule has 1 radical (unpaired) electrons. The molecule has 0 saturated heterocycles. The molecule has 6 atom stereocenters. The normalized spacial score (nSPS) is 16.3. The Morgan fingerprint density at radius 1 is 0.889 bits per heavy atom. The fourth-order valence-corrected chi connectivity index (χ4v) is 10.4. The maximum absolute atomic E-state index is 14.0. The van der Waals surface area contributed by atoms with Gasteiger partial charge in [-0.15, -0.1) is 11.8 Å². The number of nitrogens with two attached hydrogens (primary N) is 1. The molecule has 1 aliphatic heterocycles. The van der Waals surface area contributed by atoms with Gasteiger partial charge in [0.1, 0.15) is 41.5 Å². The van der Waals surface area contributed by atoms with Gasteiger partial charge in [0.15, 0.2) is 0 Å². The second kappa shape index (κ2) is 30.2. The van der Waals surface area contributed by atoms with Gasteiger partial charge >= 0.3 is 17.9 Å². The number of aromatic amines is 1. The largest absolute Gasteiger partial charge is 0.497 e. The molecule has 2 aromatic carbocycles. The third kappa shape index (κ3) is 19.5. The van der Waals surface area contributed by atoms with Gasteiger partial charge in [-0.25, -0.2) is 0 Å². The zero-order valence-electron chi connectivity index (χ0n) is 44.6. The maximum atomic E-state index is 14.0. The van der Waals surface area contributed by atoms with E-state index in [2.05, 4.69) is 55.6 Å². The molecule has 0 fully saturated rings. The average molecular weight is 1030 g/mol. The van der Waals surface area contributed by atoms with E-state index in [0.29, 0.717) is 23.8 Å². The topological polar surface area (TPSA) is 248 Å². The fraction of sp³-hybridized carbons (Fsp3) is 0.630. The summed E-state index contributed by atoms with van der Waals surface area (Å²) >= 11 is 0.919. The number of rotatable bonds is 31. The molecule has 1 unspecified atom stereocenters. The van der Waals surface area contributed by atoms with Gasteiger partial charge in [0.25, 0.3) is 0 Å². The Labute approximate surface area is 452 Å². The van der Waals surface area contributed by atoms with Crippen LogP contribution in [-0.2, 0) is 41.6 Å². The Bertz CT molecular complexity index is 2310. The van der Waals surface area contributed by atoms with Gasteiger partial charge in [-0.05, 0) is 124 Å². The molecule has 0 aliphatic carbocycles. The third-order valence-electron chi connectivity index (χ3n) is 13.9. The van der Waals surface area contributed by atoms with E-state index in [4.69, 9.17) is 19.9 Å². The van der Waals surface area contributed by atoms with Gasteiger partial charge in [0, 0.05) is 70.9 Å². The minimum absolute atomic E-state index is 0. The molecule has 0 spiro atoms. The number of carboxylic acids is 2. The van der Waals surface area contributed by atoms with Crippen LogP contribution < -0.4 is 35.9 Å². The Hall–Kier alpha value is -4.29. The molecule has 395 valence electrons. The Morgan fingerprint density at radius 3 is 2.19 bits per heavy atom. The van der Waals surface area contributed by atoms with E-state index in [0.717, 1.165) is 100 Å². The van der Waals surface area contributed by atoms with E-state index in [1.807, 2.05) is 45.2 Å². The molecule has 8 N–H and O–H groups in total. The Balaban J connectivity index is 0.0000137. The van der Waals surface area contributed by atoms with Crippen molar-refractivity contribution in [3.05, 3.63) is 52.2 Å². The van der Waals surface area contributed by atoms with Crippen LogP contribution in [0.15, 0.2) is 24.4 Å². The number of aliphatic carboxylic acids is 2. The number of hydrogen-bond acceptors (Lipinski definition) is 11. The number of hydrogen-bond donors (Lipinski definition) is 7. The van der Waals surface area contributed by atoms with Gasteiger partial charge in [-0.1, -0.05) is 72.6 Å². The first-order valence-electron chi connectivity index (χ1n) is 25.4. The fourth-order valence-electron chi connectivity index (χ4n) is 9.23. The molecule has 4 rings (SSSR count). The van der Waals surface area contributed by atoms with E-state index in [-0.39, 0.29) is 60.3 Å². The smallest absolute Gasteiger partial charge is 0.322 e. The average Bonchev–Trinajstić information content (AvgIpc) is 3.72. The first-order chi connectivity index (χ1) is 33.6. The zero-order valence-corrected chi connectivity index (χ0v) is 47.4. The van der Waals surface area contributed by atoms with Crippen molar-refractivity contribution in [2.45, 2.75) is 175 Å². The van der Waals surface area contributed by atoms with Crippen LogP contribution in [0.2, 0.25) is 0 Å². The number of thioether (sulfide) groups is 1. The first-order valence-corrected chi connectivity index (χ1v) is 26.5. The number of aromatic nitrogens is 1. The van der Waals surface area contributed by atoms with Crippen LogP contribution in [0, 0.1) is 38.5 Å². The first kappa shape index (κ1) is 62.0.